The zero-order valence-corrected chi connectivity index (χ0v) is 28.3. The Morgan fingerprint density at radius 2 is 1.72 bits per heavy atom. The Labute approximate surface area is 289 Å². The number of carbonyl (C=O) groups excluding carboxylic acids is 4. The maximum atomic E-state index is 12.1. The maximum absolute atomic E-state index is 12.1. The molecule has 1 aliphatic rings. The molecule has 3 amide bonds. The number of phenolic OH excluding ortho intramolecular Hbond substituents is 2. The first-order chi connectivity index (χ1) is 24.1. The lowest BCUT2D eigenvalue weighted by atomic mass is 10.1. The number of hydroxylamine groups is 2. The third kappa shape index (κ3) is 9.05. The van der Waals surface area contributed by atoms with Crippen LogP contribution in [0, 0.1) is 0 Å². The summed E-state index contributed by atoms with van der Waals surface area (Å²) in [7, 11) is 0. The van der Waals surface area contributed by atoms with Crippen LogP contribution >= 0.6 is 0 Å². The van der Waals surface area contributed by atoms with Gasteiger partial charge in [-0.3, -0.25) is 14.4 Å². The van der Waals surface area contributed by atoms with Crippen molar-refractivity contribution in [3.05, 3.63) is 53.3 Å². The van der Waals surface area contributed by atoms with Crippen LogP contribution in [0.25, 0.3) is 21.9 Å². The number of unbranched alkanes of at least 4 members (excludes halogenated alkanes) is 1. The van der Waals surface area contributed by atoms with Crippen LogP contribution in [0.5, 0.6) is 11.5 Å². The van der Waals surface area contributed by atoms with Crippen LogP contribution < -0.4 is 11.1 Å². The summed E-state index contributed by atoms with van der Waals surface area (Å²) < 4.78 is 7.83. The number of ether oxygens (including phenoxy) is 1. The molecule has 5 rings (SSSR count). The van der Waals surface area contributed by atoms with E-state index in [1.54, 1.807) is 6.07 Å². The van der Waals surface area contributed by atoms with Crippen LogP contribution in [0.2, 0.25) is 0 Å². The van der Waals surface area contributed by atoms with E-state index >= 15 is 0 Å². The number of nitrogens with zero attached hydrogens (tertiary/aromatic N) is 4. The number of nitrogens with two attached hydrogens (primary N) is 1. The number of phenols is 2. The SMILES string of the molecule is CCCCc1nc2c(N)nc3cc(CCCOCCCNC(=O)CCCC(=O)ON4C(=O)CCC4=O)ccc3c2n1Cc1cc(O)ccc1O. The number of aromatic hydroxyl groups is 2. The van der Waals surface area contributed by atoms with Gasteiger partial charge in [0.25, 0.3) is 11.8 Å². The molecule has 14 heteroatoms. The molecule has 0 saturated carbocycles. The summed E-state index contributed by atoms with van der Waals surface area (Å²) in [6.07, 6.45) is 5.23. The molecule has 0 aliphatic carbocycles. The molecule has 50 heavy (non-hydrogen) atoms. The van der Waals surface area contributed by atoms with Crippen LogP contribution in [-0.4, -0.2) is 73.3 Å². The first-order valence-electron chi connectivity index (χ1n) is 17.1. The lowest BCUT2D eigenvalue weighted by Gasteiger charge is -2.13. The Bertz CT molecular complexity index is 1860. The molecule has 5 N–H and O–H groups in total. The minimum Gasteiger partial charge on any atom is -0.508 e. The number of nitrogens with one attached hydrogen (secondary N) is 1. The quantitative estimate of drug-likeness (QED) is 0.0664. The molecule has 4 aromatic rings. The van der Waals surface area contributed by atoms with Crippen molar-refractivity contribution in [2.45, 2.75) is 84.1 Å². The Kier molecular flexibility index (Phi) is 12.2. The van der Waals surface area contributed by atoms with Crippen molar-refractivity contribution in [3.63, 3.8) is 0 Å². The summed E-state index contributed by atoms with van der Waals surface area (Å²) in [4.78, 5) is 61.3. The number of pyridine rings is 1. The minimum absolute atomic E-state index is 0.0340. The van der Waals surface area contributed by atoms with Gasteiger partial charge in [-0.05, 0) is 61.9 Å². The largest absolute Gasteiger partial charge is 0.508 e. The van der Waals surface area contributed by atoms with Crippen molar-refractivity contribution in [3.8, 4) is 11.5 Å². The molecule has 2 aromatic heterocycles. The van der Waals surface area contributed by atoms with Crippen LogP contribution in [-0.2, 0) is 48.1 Å². The van der Waals surface area contributed by atoms with E-state index in [4.69, 9.17) is 20.3 Å². The van der Waals surface area contributed by atoms with E-state index in [-0.39, 0.29) is 49.5 Å². The first kappa shape index (κ1) is 36.1. The molecule has 0 bridgehead atoms. The van der Waals surface area contributed by atoms with Gasteiger partial charge >= 0.3 is 5.97 Å². The predicted molar refractivity (Wildman–Crippen MR) is 185 cm³/mol. The number of nitrogen functional groups attached to an aromatic ring is 1. The average Bonchev–Trinajstić information content (AvgIpc) is 3.61. The molecule has 0 unspecified atom stereocenters. The number of hydrogen-bond donors (Lipinski definition) is 4. The molecule has 0 atom stereocenters. The highest BCUT2D eigenvalue weighted by atomic mass is 16.7. The summed E-state index contributed by atoms with van der Waals surface area (Å²) in [5.41, 5.74) is 10.3. The maximum Gasteiger partial charge on any atom is 0.333 e. The number of rotatable bonds is 18. The summed E-state index contributed by atoms with van der Waals surface area (Å²) in [5.74, 6) is -0.629. The van der Waals surface area contributed by atoms with Crippen LogP contribution in [0.1, 0.15) is 81.7 Å². The zero-order chi connectivity index (χ0) is 35.6. The number of carbonyl (C=O) groups is 4. The van der Waals surface area contributed by atoms with Crippen LogP contribution in [0.3, 0.4) is 0 Å². The van der Waals surface area contributed by atoms with E-state index in [1.807, 2.05) is 12.1 Å². The fourth-order valence-corrected chi connectivity index (χ4v) is 5.89. The monoisotopic (exact) mass is 688 g/mol. The van der Waals surface area contributed by atoms with Gasteiger partial charge < -0.3 is 35.4 Å². The topological polar surface area (TPSA) is 199 Å². The summed E-state index contributed by atoms with van der Waals surface area (Å²) >= 11 is 0. The molecule has 0 spiro atoms. The van der Waals surface area contributed by atoms with Gasteiger partial charge in [0.05, 0.1) is 17.6 Å². The van der Waals surface area contributed by atoms with Gasteiger partial charge in [0.15, 0.2) is 5.82 Å². The zero-order valence-electron chi connectivity index (χ0n) is 28.3. The summed E-state index contributed by atoms with van der Waals surface area (Å²) in [6.45, 7) is 3.91. The highest BCUT2D eigenvalue weighted by Crippen LogP contribution is 2.32. The molecule has 0 radical (unpaired) electrons. The molecule has 14 nitrogen and oxygen atoms in total. The van der Waals surface area contributed by atoms with Crippen molar-refractivity contribution >= 4 is 51.4 Å². The standard InChI is InChI=1S/C36H44N6O8/c1-2-3-8-29-40-34-35(41(29)22-24-21-25(43)12-14-28(24)44)26-13-11-23(20-27(26)39-36(34)37)7-5-18-49-19-6-17-38-30(45)9-4-10-33(48)50-42-31(46)15-16-32(42)47/h11-14,20-21,43-44H,2-10,15-19,22H2,1H3,(H2,37,39)(H,38,45). The third-order valence-electron chi connectivity index (χ3n) is 8.52. The fraction of sp³-hybridized carbons (Fsp3) is 0.444. The Balaban J connectivity index is 1.07. The second kappa shape index (κ2) is 16.9. The lowest BCUT2D eigenvalue weighted by molar-refractivity contribution is -0.197. The van der Waals surface area contributed by atoms with Gasteiger partial charge in [0, 0.05) is 62.8 Å². The smallest absolute Gasteiger partial charge is 0.333 e. The number of hydrogen-bond acceptors (Lipinski definition) is 11. The first-order valence-corrected chi connectivity index (χ1v) is 17.1. The Morgan fingerprint density at radius 1 is 0.940 bits per heavy atom. The van der Waals surface area contributed by atoms with E-state index in [9.17, 15) is 29.4 Å². The van der Waals surface area contributed by atoms with E-state index in [0.717, 1.165) is 59.9 Å². The van der Waals surface area contributed by atoms with Crippen LogP contribution in [0.15, 0.2) is 36.4 Å². The molecular weight excluding hydrogens is 644 g/mol. The van der Waals surface area contributed by atoms with Gasteiger partial charge in [-0.1, -0.05) is 25.5 Å². The van der Waals surface area contributed by atoms with Crippen molar-refractivity contribution in [1.29, 1.82) is 0 Å². The van der Waals surface area contributed by atoms with Crippen LogP contribution in [0.4, 0.5) is 5.82 Å². The number of fused-ring (bicyclic) bond motifs is 3. The average molecular weight is 689 g/mol. The Morgan fingerprint density at radius 3 is 2.50 bits per heavy atom. The van der Waals surface area contributed by atoms with Gasteiger partial charge in [-0.25, -0.2) is 14.8 Å². The van der Waals surface area contributed by atoms with E-state index in [2.05, 4.69) is 27.9 Å². The number of anilines is 1. The number of aryl methyl sites for hydroxylation is 2. The van der Waals surface area contributed by atoms with Crippen molar-refractivity contribution in [1.82, 2.24) is 24.9 Å². The van der Waals surface area contributed by atoms with E-state index in [0.29, 0.717) is 54.7 Å². The number of benzene rings is 2. The molecule has 1 aliphatic heterocycles. The minimum atomic E-state index is -0.719. The fourth-order valence-electron chi connectivity index (χ4n) is 5.89. The molecule has 2 aromatic carbocycles. The molecule has 1 saturated heterocycles. The number of amides is 3. The third-order valence-corrected chi connectivity index (χ3v) is 8.52. The van der Waals surface area contributed by atoms with Gasteiger partial charge in [0.2, 0.25) is 5.91 Å². The summed E-state index contributed by atoms with van der Waals surface area (Å²) in [6, 6.07) is 10.6. The van der Waals surface area contributed by atoms with Crippen molar-refractivity contribution in [2.75, 3.05) is 25.5 Å². The lowest BCUT2D eigenvalue weighted by Crippen LogP contribution is -2.32. The molecule has 266 valence electrons. The predicted octanol–water partition coefficient (Wildman–Crippen LogP) is 4.20. The van der Waals surface area contributed by atoms with Gasteiger partial charge in [0.1, 0.15) is 22.8 Å². The highest BCUT2D eigenvalue weighted by Gasteiger charge is 2.32. The van der Waals surface area contributed by atoms with E-state index in [1.165, 1.54) is 12.1 Å². The molecule has 1 fully saturated rings. The number of imide groups is 1. The Hall–Kier alpha value is -5.24. The van der Waals surface area contributed by atoms with Gasteiger partial charge in [-0.15, -0.1) is 5.06 Å². The summed E-state index contributed by atoms with van der Waals surface area (Å²) in [5, 5.41) is 24.8. The van der Waals surface area contributed by atoms with Gasteiger partial charge in [-0.2, -0.15) is 0 Å². The highest BCUT2D eigenvalue weighted by molar-refractivity contribution is 6.07. The van der Waals surface area contributed by atoms with Crippen molar-refractivity contribution < 1.29 is 39.0 Å². The molecular formula is C36H44N6O8. The van der Waals surface area contributed by atoms with Crippen molar-refractivity contribution in [2.24, 2.45) is 0 Å². The second-order valence-corrected chi connectivity index (χ2v) is 12.4. The normalized spacial score (nSPS) is 13.1. The second-order valence-electron chi connectivity index (χ2n) is 12.4. The number of aromatic nitrogens is 3. The van der Waals surface area contributed by atoms with E-state index < -0.39 is 17.8 Å². The molecule has 3 heterocycles. The number of imidazole rings is 1.